The predicted octanol–water partition coefficient (Wildman–Crippen LogP) is 0.969. The second-order valence-corrected chi connectivity index (χ2v) is 5.68. The topological polar surface area (TPSA) is 58.4 Å². The number of likely N-dealkylation sites (tertiary alicyclic amines) is 1. The van der Waals surface area contributed by atoms with Gasteiger partial charge in [0.15, 0.2) is 0 Å². The largest absolute Gasteiger partial charge is 0.366 e. The number of nitrogens with two attached hydrogens (primary N) is 1. The van der Waals surface area contributed by atoms with Crippen molar-refractivity contribution in [2.45, 2.75) is 25.4 Å². The van der Waals surface area contributed by atoms with Crippen molar-refractivity contribution in [2.75, 3.05) is 19.6 Å². The fourth-order valence-corrected chi connectivity index (χ4v) is 3.40. The van der Waals surface area contributed by atoms with Gasteiger partial charge in [0, 0.05) is 31.2 Å². The van der Waals surface area contributed by atoms with E-state index in [2.05, 4.69) is 10.2 Å². The molecule has 0 saturated carbocycles. The zero-order chi connectivity index (χ0) is 13.2. The van der Waals surface area contributed by atoms with Gasteiger partial charge in [0.25, 0.3) is 0 Å². The molecule has 0 radical (unpaired) electrons. The van der Waals surface area contributed by atoms with Crippen LogP contribution in [0.1, 0.15) is 28.8 Å². The number of rotatable bonds is 3. The maximum Gasteiger partial charge on any atom is 0.249 e. The summed E-state index contributed by atoms with van der Waals surface area (Å²) in [6, 6.07) is 8.31. The van der Waals surface area contributed by atoms with Crippen LogP contribution >= 0.6 is 0 Å². The highest BCUT2D eigenvalue weighted by atomic mass is 16.1. The van der Waals surface area contributed by atoms with E-state index in [1.54, 1.807) is 0 Å². The normalized spacial score (nSPS) is 27.2. The van der Waals surface area contributed by atoms with E-state index in [1.807, 2.05) is 24.3 Å². The number of hydrogen-bond donors (Lipinski definition) is 2. The average Bonchev–Trinajstić information content (AvgIpc) is 2.81. The second-order valence-electron chi connectivity index (χ2n) is 5.68. The molecular weight excluding hydrogens is 238 g/mol. The molecule has 1 aromatic rings. The Balaban J connectivity index is 1.71. The summed E-state index contributed by atoms with van der Waals surface area (Å²) >= 11 is 0. The fraction of sp³-hybridized carbons (Fsp3) is 0.533. The molecule has 2 fully saturated rings. The van der Waals surface area contributed by atoms with Crippen molar-refractivity contribution < 1.29 is 4.79 Å². The molecular formula is C15H21N3O. The van der Waals surface area contributed by atoms with Crippen LogP contribution in [0.15, 0.2) is 24.3 Å². The standard InChI is InChI=1S/C15H21N3O/c16-15(19)13-6-2-1-4-11(13)8-18-9-12-5-3-7-17-14(12)10-18/h1-2,4,6,12,14,17H,3,5,7-10H2,(H2,16,19)/t12-,14+/m0/s1. The molecule has 2 aliphatic rings. The summed E-state index contributed by atoms with van der Waals surface area (Å²) in [5.41, 5.74) is 7.14. The lowest BCUT2D eigenvalue weighted by atomic mass is 9.94. The smallest absolute Gasteiger partial charge is 0.249 e. The van der Waals surface area contributed by atoms with Gasteiger partial charge in [-0.1, -0.05) is 18.2 Å². The second kappa shape index (κ2) is 5.31. The minimum atomic E-state index is -0.328. The van der Waals surface area contributed by atoms with E-state index in [0.29, 0.717) is 11.6 Å². The third kappa shape index (κ3) is 2.65. The number of benzene rings is 1. The molecule has 2 aliphatic heterocycles. The van der Waals surface area contributed by atoms with Crippen LogP contribution in [0, 0.1) is 5.92 Å². The molecule has 2 saturated heterocycles. The first-order valence-corrected chi connectivity index (χ1v) is 7.07. The minimum Gasteiger partial charge on any atom is -0.366 e. The predicted molar refractivity (Wildman–Crippen MR) is 74.8 cm³/mol. The Hall–Kier alpha value is -1.39. The highest BCUT2D eigenvalue weighted by Gasteiger charge is 2.34. The Morgan fingerprint density at radius 2 is 2.21 bits per heavy atom. The highest BCUT2D eigenvalue weighted by Crippen LogP contribution is 2.26. The SMILES string of the molecule is NC(=O)c1ccccc1CN1C[C@@H]2CCCN[C@@H]2C1. The summed E-state index contributed by atoms with van der Waals surface area (Å²) in [6.07, 6.45) is 2.61. The van der Waals surface area contributed by atoms with E-state index < -0.39 is 0 Å². The lowest BCUT2D eigenvalue weighted by molar-refractivity contribution is 0.0998. The molecule has 0 spiro atoms. The molecule has 2 atom stereocenters. The lowest BCUT2D eigenvalue weighted by Crippen LogP contribution is -2.40. The quantitative estimate of drug-likeness (QED) is 0.850. The Kier molecular flexibility index (Phi) is 3.53. The summed E-state index contributed by atoms with van der Waals surface area (Å²) in [4.78, 5) is 13.9. The number of fused-ring (bicyclic) bond motifs is 1. The first kappa shape index (κ1) is 12.6. The molecule has 0 aliphatic carbocycles. The number of nitrogens with zero attached hydrogens (tertiary/aromatic N) is 1. The molecule has 1 aromatic carbocycles. The van der Waals surface area contributed by atoms with Crippen LogP contribution in [-0.2, 0) is 6.54 Å². The van der Waals surface area contributed by atoms with E-state index in [9.17, 15) is 4.79 Å². The van der Waals surface area contributed by atoms with Crippen molar-refractivity contribution in [3.63, 3.8) is 0 Å². The molecule has 0 aromatic heterocycles. The monoisotopic (exact) mass is 259 g/mol. The molecule has 4 heteroatoms. The van der Waals surface area contributed by atoms with Gasteiger partial charge in [-0.25, -0.2) is 0 Å². The van der Waals surface area contributed by atoms with Crippen LogP contribution in [-0.4, -0.2) is 36.5 Å². The number of hydrogen-bond acceptors (Lipinski definition) is 3. The molecule has 4 nitrogen and oxygen atoms in total. The minimum absolute atomic E-state index is 0.328. The van der Waals surface area contributed by atoms with Crippen molar-refractivity contribution in [3.05, 3.63) is 35.4 Å². The highest BCUT2D eigenvalue weighted by molar-refractivity contribution is 5.94. The van der Waals surface area contributed by atoms with Crippen molar-refractivity contribution >= 4 is 5.91 Å². The van der Waals surface area contributed by atoms with E-state index in [1.165, 1.54) is 12.8 Å². The van der Waals surface area contributed by atoms with Gasteiger partial charge in [-0.3, -0.25) is 9.69 Å². The van der Waals surface area contributed by atoms with Crippen LogP contribution in [0.4, 0.5) is 0 Å². The zero-order valence-electron chi connectivity index (χ0n) is 11.1. The van der Waals surface area contributed by atoms with Gasteiger partial charge in [0.05, 0.1) is 0 Å². The van der Waals surface area contributed by atoms with Gasteiger partial charge in [0.2, 0.25) is 5.91 Å². The van der Waals surface area contributed by atoms with Crippen LogP contribution in [0.2, 0.25) is 0 Å². The Labute approximate surface area is 114 Å². The Morgan fingerprint density at radius 3 is 3.00 bits per heavy atom. The number of carbonyl (C=O) groups is 1. The number of nitrogens with one attached hydrogen (secondary N) is 1. The molecule has 3 rings (SSSR count). The number of carbonyl (C=O) groups excluding carboxylic acids is 1. The molecule has 102 valence electrons. The maximum absolute atomic E-state index is 11.4. The zero-order valence-corrected chi connectivity index (χ0v) is 11.1. The molecule has 19 heavy (non-hydrogen) atoms. The first-order valence-electron chi connectivity index (χ1n) is 7.07. The third-order valence-electron chi connectivity index (χ3n) is 4.35. The maximum atomic E-state index is 11.4. The van der Waals surface area contributed by atoms with Crippen LogP contribution in [0.5, 0.6) is 0 Å². The summed E-state index contributed by atoms with van der Waals surface area (Å²) < 4.78 is 0. The fourth-order valence-electron chi connectivity index (χ4n) is 3.40. The summed E-state index contributed by atoms with van der Waals surface area (Å²) in [5.74, 6) is 0.444. The third-order valence-corrected chi connectivity index (χ3v) is 4.35. The van der Waals surface area contributed by atoms with Gasteiger partial charge < -0.3 is 11.1 Å². The van der Waals surface area contributed by atoms with Crippen molar-refractivity contribution in [1.82, 2.24) is 10.2 Å². The van der Waals surface area contributed by atoms with E-state index in [0.717, 1.165) is 37.7 Å². The summed E-state index contributed by atoms with van der Waals surface area (Å²) in [5, 5.41) is 3.60. The van der Waals surface area contributed by atoms with Crippen molar-refractivity contribution in [2.24, 2.45) is 11.7 Å². The van der Waals surface area contributed by atoms with Gasteiger partial charge in [-0.2, -0.15) is 0 Å². The summed E-state index contributed by atoms with van der Waals surface area (Å²) in [6.45, 7) is 4.18. The van der Waals surface area contributed by atoms with Crippen LogP contribution < -0.4 is 11.1 Å². The van der Waals surface area contributed by atoms with Crippen LogP contribution in [0.25, 0.3) is 0 Å². The molecule has 1 amide bonds. The molecule has 3 N–H and O–H groups in total. The number of piperidine rings is 1. The van der Waals surface area contributed by atoms with Crippen molar-refractivity contribution in [1.29, 1.82) is 0 Å². The van der Waals surface area contributed by atoms with Gasteiger partial charge in [-0.15, -0.1) is 0 Å². The average molecular weight is 259 g/mol. The van der Waals surface area contributed by atoms with E-state index in [4.69, 9.17) is 5.73 Å². The molecule has 2 heterocycles. The molecule has 0 bridgehead atoms. The number of amides is 1. The van der Waals surface area contributed by atoms with Gasteiger partial charge in [-0.05, 0) is 36.9 Å². The van der Waals surface area contributed by atoms with Gasteiger partial charge in [0.1, 0.15) is 0 Å². The summed E-state index contributed by atoms with van der Waals surface area (Å²) in [7, 11) is 0. The van der Waals surface area contributed by atoms with E-state index in [-0.39, 0.29) is 5.91 Å². The molecule has 0 unspecified atom stereocenters. The van der Waals surface area contributed by atoms with Crippen LogP contribution in [0.3, 0.4) is 0 Å². The Bertz CT molecular complexity index is 460. The first-order chi connectivity index (χ1) is 9.24. The van der Waals surface area contributed by atoms with E-state index >= 15 is 0 Å². The Morgan fingerprint density at radius 1 is 1.37 bits per heavy atom. The lowest BCUT2D eigenvalue weighted by Gasteiger charge is -2.24. The number of primary amides is 1. The van der Waals surface area contributed by atoms with Crippen molar-refractivity contribution in [3.8, 4) is 0 Å². The van der Waals surface area contributed by atoms with Gasteiger partial charge >= 0.3 is 0 Å².